The minimum Gasteiger partial charge on any atom is -0.497 e. The van der Waals surface area contributed by atoms with Crippen LogP contribution in [-0.2, 0) is 0 Å². The Morgan fingerprint density at radius 3 is 2.48 bits per heavy atom. The summed E-state index contributed by atoms with van der Waals surface area (Å²) in [6.07, 6.45) is 12.3. The van der Waals surface area contributed by atoms with Crippen molar-refractivity contribution in [3.8, 4) is 22.6 Å². The lowest BCUT2D eigenvalue weighted by molar-refractivity contribution is 0.313. The number of allylic oxidation sites excluding steroid dienone is 2. The lowest BCUT2D eigenvalue weighted by Crippen LogP contribution is -1.98. The first kappa shape index (κ1) is 21.5. The van der Waals surface area contributed by atoms with Crippen LogP contribution in [-0.4, -0.2) is 13.7 Å². The van der Waals surface area contributed by atoms with Gasteiger partial charge in [0.25, 0.3) is 0 Å². The maximum atomic E-state index is 6.16. The van der Waals surface area contributed by atoms with Crippen LogP contribution in [0.25, 0.3) is 27.5 Å². The van der Waals surface area contributed by atoms with Crippen molar-refractivity contribution in [3.05, 3.63) is 66.2 Å². The standard InChI is InChI=1S/C29H34O2/c1-3-4-20-31-29-19-18-26(27-17-16-23(30-2)21-28(27)29)25-15-11-10-14-24(25)22-12-8-6-5-7-9-13-22/h10-12,14-19,21H,3-9,13,20H2,1-2H3/b22-12+. The number of fused-ring (bicyclic) bond motifs is 1. The van der Waals surface area contributed by atoms with Crippen molar-refractivity contribution in [3.63, 3.8) is 0 Å². The second-order valence-electron chi connectivity index (χ2n) is 8.45. The number of methoxy groups -OCH3 is 1. The second kappa shape index (κ2) is 10.5. The second-order valence-corrected chi connectivity index (χ2v) is 8.45. The third-order valence-corrected chi connectivity index (χ3v) is 6.29. The SMILES string of the molecule is CCCCOc1ccc(-c2ccccc2/C2=C/CCCCCC2)c2ccc(OC)cc12. The number of benzene rings is 3. The van der Waals surface area contributed by atoms with Crippen LogP contribution in [0.1, 0.15) is 63.9 Å². The Morgan fingerprint density at radius 1 is 0.806 bits per heavy atom. The summed E-state index contributed by atoms with van der Waals surface area (Å²) >= 11 is 0. The first-order chi connectivity index (χ1) is 15.3. The molecule has 0 saturated heterocycles. The molecule has 2 nitrogen and oxygen atoms in total. The molecule has 2 heteroatoms. The molecule has 0 aromatic heterocycles. The Labute approximate surface area is 186 Å². The van der Waals surface area contributed by atoms with Crippen LogP contribution in [0.15, 0.2) is 60.7 Å². The first-order valence-electron chi connectivity index (χ1n) is 11.8. The van der Waals surface area contributed by atoms with Crippen LogP contribution >= 0.6 is 0 Å². The Hall–Kier alpha value is -2.74. The molecule has 4 rings (SSSR count). The predicted octanol–water partition coefficient (Wildman–Crippen LogP) is 8.43. The Balaban J connectivity index is 1.83. The van der Waals surface area contributed by atoms with Gasteiger partial charge in [0.05, 0.1) is 13.7 Å². The summed E-state index contributed by atoms with van der Waals surface area (Å²) in [6, 6.07) is 19.6. The summed E-state index contributed by atoms with van der Waals surface area (Å²) in [5.41, 5.74) is 5.45. The summed E-state index contributed by atoms with van der Waals surface area (Å²) in [4.78, 5) is 0. The molecule has 162 valence electrons. The fourth-order valence-corrected chi connectivity index (χ4v) is 4.55. The molecular formula is C29H34O2. The predicted molar refractivity (Wildman–Crippen MR) is 132 cm³/mol. The van der Waals surface area contributed by atoms with Gasteiger partial charge < -0.3 is 9.47 Å². The first-order valence-corrected chi connectivity index (χ1v) is 11.8. The van der Waals surface area contributed by atoms with E-state index in [0.717, 1.165) is 36.3 Å². The molecule has 0 aliphatic heterocycles. The van der Waals surface area contributed by atoms with Crippen molar-refractivity contribution in [1.82, 2.24) is 0 Å². The van der Waals surface area contributed by atoms with Crippen molar-refractivity contribution in [2.45, 2.75) is 58.3 Å². The van der Waals surface area contributed by atoms with E-state index in [9.17, 15) is 0 Å². The largest absolute Gasteiger partial charge is 0.497 e. The molecule has 0 atom stereocenters. The molecule has 0 saturated carbocycles. The number of ether oxygens (including phenoxy) is 2. The van der Waals surface area contributed by atoms with Crippen LogP contribution in [0.4, 0.5) is 0 Å². The Morgan fingerprint density at radius 2 is 1.65 bits per heavy atom. The number of hydrogen-bond donors (Lipinski definition) is 0. The molecule has 0 unspecified atom stereocenters. The summed E-state index contributed by atoms with van der Waals surface area (Å²) in [7, 11) is 1.72. The zero-order valence-electron chi connectivity index (χ0n) is 19.0. The maximum absolute atomic E-state index is 6.16. The van der Waals surface area contributed by atoms with Gasteiger partial charge in [-0.25, -0.2) is 0 Å². The van der Waals surface area contributed by atoms with Crippen LogP contribution in [0.3, 0.4) is 0 Å². The van der Waals surface area contributed by atoms with E-state index in [-0.39, 0.29) is 0 Å². The third-order valence-electron chi connectivity index (χ3n) is 6.29. The highest BCUT2D eigenvalue weighted by atomic mass is 16.5. The minimum absolute atomic E-state index is 0.742. The molecule has 31 heavy (non-hydrogen) atoms. The fourth-order valence-electron chi connectivity index (χ4n) is 4.55. The van der Waals surface area contributed by atoms with Crippen LogP contribution in [0, 0.1) is 0 Å². The molecule has 0 N–H and O–H groups in total. The summed E-state index contributed by atoms with van der Waals surface area (Å²) < 4.78 is 11.7. The normalized spacial score (nSPS) is 16.3. The number of hydrogen-bond acceptors (Lipinski definition) is 2. The van der Waals surface area contributed by atoms with Crippen molar-refractivity contribution in [1.29, 1.82) is 0 Å². The van der Waals surface area contributed by atoms with Gasteiger partial charge in [0, 0.05) is 5.39 Å². The van der Waals surface area contributed by atoms with Gasteiger partial charge in [0.15, 0.2) is 0 Å². The Bertz CT molecular complexity index is 1050. The molecule has 1 aliphatic carbocycles. The molecule has 3 aromatic rings. The minimum atomic E-state index is 0.742. The average Bonchev–Trinajstić information content (AvgIpc) is 2.79. The van der Waals surface area contributed by atoms with Gasteiger partial charge in [0.2, 0.25) is 0 Å². The zero-order valence-corrected chi connectivity index (χ0v) is 19.0. The van der Waals surface area contributed by atoms with Gasteiger partial charge in [-0.2, -0.15) is 0 Å². The van der Waals surface area contributed by atoms with E-state index in [2.05, 4.69) is 67.6 Å². The summed E-state index contributed by atoms with van der Waals surface area (Å²) in [5.74, 6) is 1.80. The molecule has 0 spiro atoms. The van der Waals surface area contributed by atoms with E-state index in [1.807, 2.05) is 0 Å². The molecule has 0 fully saturated rings. The van der Waals surface area contributed by atoms with Gasteiger partial charge >= 0.3 is 0 Å². The van der Waals surface area contributed by atoms with Crippen LogP contribution in [0.5, 0.6) is 11.5 Å². The summed E-state index contributed by atoms with van der Waals surface area (Å²) in [6.45, 7) is 2.93. The average molecular weight is 415 g/mol. The lowest BCUT2D eigenvalue weighted by Gasteiger charge is -2.18. The van der Waals surface area contributed by atoms with E-state index in [1.165, 1.54) is 66.2 Å². The highest BCUT2D eigenvalue weighted by molar-refractivity contribution is 6.02. The van der Waals surface area contributed by atoms with Crippen LogP contribution < -0.4 is 9.47 Å². The highest BCUT2D eigenvalue weighted by Gasteiger charge is 2.15. The summed E-state index contributed by atoms with van der Waals surface area (Å²) in [5, 5.41) is 2.34. The quantitative estimate of drug-likeness (QED) is 0.361. The van der Waals surface area contributed by atoms with Gasteiger partial charge in [-0.1, -0.05) is 62.6 Å². The third kappa shape index (κ3) is 4.95. The topological polar surface area (TPSA) is 18.5 Å². The molecular weight excluding hydrogens is 380 g/mol. The van der Waals surface area contributed by atoms with Crippen molar-refractivity contribution in [2.24, 2.45) is 0 Å². The lowest BCUT2D eigenvalue weighted by atomic mass is 9.87. The van der Waals surface area contributed by atoms with Crippen molar-refractivity contribution < 1.29 is 9.47 Å². The van der Waals surface area contributed by atoms with Gasteiger partial charge in [-0.3, -0.25) is 0 Å². The van der Waals surface area contributed by atoms with Gasteiger partial charge in [0.1, 0.15) is 11.5 Å². The van der Waals surface area contributed by atoms with E-state index < -0.39 is 0 Å². The van der Waals surface area contributed by atoms with E-state index in [0.29, 0.717) is 0 Å². The molecule has 3 aromatic carbocycles. The van der Waals surface area contributed by atoms with Crippen molar-refractivity contribution in [2.75, 3.05) is 13.7 Å². The van der Waals surface area contributed by atoms with E-state index >= 15 is 0 Å². The molecule has 0 amide bonds. The monoisotopic (exact) mass is 414 g/mol. The smallest absolute Gasteiger partial charge is 0.127 e. The highest BCUT2D eigenvalue weighted by Crippen LogP contribution is 2.40. The molecule has 1 aliphatic rings. The van der Waals surface area contributed by atoms with Crippen molar-refractivity contribution >= 4 is 16.3 Å². The van der Waals surface area contributed by atoms with E-state index in [4.69, 9.17) is 9.47 Å². The molecule has 0 heterocycles. The number of rotatable bonds is 7. The van der Waals surface area contributed by atoms with Gasteiger partial charge in [-0.15, -0.1) is 0 Å². The fraction of sp³-hybridized carbons (Fsp3) is 0.379. The van der Waals surface area contributed by atoms with Crippen LogP contribution in [0.2, 0.25) is 0 Å². The number of unbranched alkanes of at least 4 members (excludes halogenated alkanes) is 1. The molecule has 0 radical (unpaired) electrons. The van der Waals surface area contributed by atoms with E-state index in [1.54, 1.807) is 7.11 Å². The zero-order chi connectivity index (χ0) is 21.5. The maximum Gasteiger partial charge on any atom is 0.127 e. The Kier molecular flexibility index (Phi) is 7.30. The van der Waals surface area contributed by atoms with Gasteiger partial charge in [-0.05, 0) is 84.0 Å². The molecule has 0 bridgehead atoms.